The van der Waals surface area contributed by atoms with Crippen LogP contribution in [0.1, 0.15) is 0 Å². The summed E-state index contributed by atoms with van der Waals surface area (Å²) in [7, 11) is 0. The van der Waals surface area contributed by atoms with Crippen LogP contribution in [-0.2, 0) is 0 Å². The van der Waals surface area contributed by atoms with E-state index < -0.39 is 0 Å². The van der Waals surface area contributed by atoms with Crippen molar-refractivity contribution in [3.63, 3.8) is 0 Å². The molecule has 6 nitrogen and oxygen atoms in total. The van der Waals surface area contributed by atoms with Crippen LogP contribution in [0.2, 0.25) is 0 Å². The summed E-state index contributed by atoms with van der Waals surface area (Å²) in [5, 5.41) is 12.9. The number of aromatic nitrogens is 1. The molecule has 5 N–H and O–H groups in total. The van der Waals surface area contributed by atoms with E-state index in [1.54, 1.807) is 18.3 Å². The van der Waals surface area contributed by atoms with Crippen molar-refractivity contribution >= 4 is 21.7 Å². The van der Waals surface area contributed by atoms with E-state index >= 15 is 0 Å². The maximum Gasteiger partial charge on any atom is 0.161 e. The number of phenolic OH excluding ortho intramolecular Hbond substituents is 1. The van der Waals surface area contributed by atoms with E-state index in [2.05, 4.69) is 4.98 Å². The van der Waals surface area contributed by atoms with Crippen LogP contribution in [0.5, 0.6) is 17.2 Å². The van der Waals surface area contributed by atoms with Gasteiger partial charge in [0.25, 0.3) is 0 Å². The van der Waals surface area contributed by atoms with E-state index in [-0.39, 0.29) is 5.75 Å². The molecule has 6 heteroatoms. The zero-order valence-corrected chi connectivity index (χ0v) is 12.7. The van der Waals surface area contributed by atoms with Gasteiger partial charge in [-0.2, -0.15) is 0 Å². The number of benzene rings is 2. The van der Waals surface area contributed by atoms with E-state index in [4.69, 9.17) is 20.9 Å². The lowest BCUT2D eigenvalue weighted by atomic mass is 10.1. The molecule has 0 saturated carbocycles. The van der Waals surface area contributed by atoms with Gasteiger partial charge in [-0.15, -0.1) is 0 Å². The summed E-state index contributed by atoms with van der Waals surface area (Å²) >= 11 is 0. The van der Waals surface area contributed by atoms with Gasteiger partial charge >= 0.3 is 0 Å². The molecule has 0 saturated heterocycles. The Bertz CT molecular complexity index is 836. The highest BCUT2D eigenvalue weighted by molar-refractivity contribution is 6.06. The van der Waals surface area contributed by atoms with E-state index in [9.17, 15) is 5.11 Å². The summed E-state index contributed by atoms with van der Waals surface area (Å²) in [5.41, 5.74) is 11.7. The average Bonchev–Trinajstić information content (AvgIpc) is 2.58. The molecule has 0 bridgehead atoms. The number of rotatable bonds is 6. The molecule has 3 rings (SSSR count). The second kappa shape index (κ2) is 6.68. The molecule has 0 amide bonds. The summed E-state index contributed by atoms with van der Waals surface area (Å²) < 4.78 is 11.0. The van der Waals surface area contributed by atoms with Gasteiger partial charge in [0.15, 0.2) is 11.5 Å². The molecule has 120 valence electrons. The molecule has 0 unspecified atom stereocenters. The Labute approximate surface area is 133 Å². The van der Waals surface area contributed by atoms with Gasteiger partial charge in [0.2, 0.25) is 0 Å². The molecule has 0 aliphatic heterocycles. The third kappa shape index (κ3) is 3.13. The second-order valence-corrected chi connectivity index (χ2v) is 5.12. The third-order valence-corrected chi connectivity index (χ3v) is 3.50. The van der Waals surface area contributed by atoms with Crippen molar-refractivity contribution in [1.29, 1.82) is 0 Å². The molecule has 0 radical (unpaired) electrons. The molecule has 1 heterocycles. The van der Waals surface area contributed by atoms with E-state index in [1.807, 2.05) is 18.2 Å². The first kappa shape index (κ1) is 15.3. The Morgan fingerprint density at radius 2 is 1.74 bits per heavy atom. The first-order valence-electron chi connectivity index (χ1n) is 7.44. The van der Waals surface area contributed by atoms with Crippen LogP contribution >= 0.6 is 0 Å². The van der Waals surface area contributed by atoms with Crippen molar-refractivity contribution < 1.29 is 14.6 Å². The highest BCUT2D eigenvalue weighted by Crippen LogP contribution is 2.35. The van der Waals surface area contributed by atoms with Crippen molar-refractivity contribution in [1.82, 2.24) is 4.98 Å². The van der Waals surface area contributed by atoms with Gasteiger partial charge in [0.1, 0.15) is 19.0 Å². The number of fused-ring (bicyclic) bond motifs is 3. The van der Waals surface area contributed by atoms with Crippen LogP contribution in [-0.4, -0.2) is 36.4 Å². The van der Waals surface area contributed by atoms with Gasteiger partial charge in [-0.25, -0.2) is 0 Å². The summed E-state index contributed by atoms with van der Waals surface area (Å²) in [5.74, 6) is 1.22. The normalized spacial score (nSPS) is 11.0. The molecular weight excluding hydrogens is 294 g/mol. The van der Waals surface area contributed by atoms with E-state index in [0.29, 0.717) is 32.1 Å². The lowest BCUT2D eigenvalue weighted by Crippen LogP contribution is -2.10. The number of aromatic hydroxyl groups is 1. The van der Waals surface area contributed by atoms with Crippen LogP contribution in [0.15, 0.2) is 36.5 Å². The largest absolute Gasteiger partial charge is 0.504 e. The lowest BCUT2D eigenvalue weighted by Gasteiger charge is -2.11. The topological polar surface area (TPSA) is 104 Å². The average molecular weight is 313 g/mol. The molecule has 0 aliphatic carbocycles. The number of pyridine rings is 1. The molecule has 3 aromatic rings. The van der Waals surface area contributed by atoms with Crippen molar-refractivity contribution in [3.05, 3.63) is 36.5 Å². The number of phenols is 1. The quantitative estimate of drug-likeness (QED) is 0.599. The number of hydrogen-bond donors (Lipinski definition) is 3. The standard InChI is InChI=1S/C17H19N3O3/c18-3-5-22-12-1-2-13-14-9-16(21)17(23-6-4-19)7-11(14)10-20-15(13)8-12/h1-2,7-10,21H,3-6,18-19H2. The van der Waals surface area contributed by atoms with Crippen LogP contribution < -0.4 is 20.9 Å². The van der Waals surface area contributed by atoms with E-state index in [1.165, 1.54) is 0 Å². The van der Waals surface area contributed by atoms with E-state index in [0.717, 1.165) is 27.4 Å². The Kier molecular flexibility index (Phi) is 4.45. The molecule has 2 aromatic carbocycles. The van der Waals surface area contributed by atoms with Gasteiger partial charge in [-0.05, 0) is 29.7 Å². The predicted octanol–water partition coefficient (Wildman–Crippen LogP) is 1.77. The summed E-state index contributed by atoms with van der Waals surface area (Å²) in [6.07, 6.45) is 1.75. The van der Waals surface area contributed by atoms with Crippen molar-refractivity contribution in [2.75, 3.05) is 26.3 Å². The van der Waals surface area contributed by atoms with Gasteiger partial charge in [-0.3, -0.25) is 4.98 Å². The van der Waals surface area contributed by atoms with Crippen molar-refractivity contribution in [3.8, 4) is 17.2 Å². The van der Waals surface area contributed by atoms with Gasteiger partial charge in [-0.1, -0.05) is 0 Å². The maximum atomic E-state index is 10.1. The van der Waals surface area contributed by atoms with Crippen molar-refractivity contribution in [2.45, 2.75) is 0 Å². The number of hydrogen-bond acceptors (Lipinski definition) is 6. The minimum Gasteiger partial charge on any atom is -0.504 e. The summed E-state index contributed by atoms with van der Waals surface area (Å²) in [6, 6.07) is 9.11. The number of nitrogens with zero attached hydrogens (tertiary/aromatic N) is 1. The molecule has 0 atom stereocenters. The van der Waals surface area contributed by atoms with Gasteiger partial charge in [0.05, 0.1) is 5.52 Å². The molecule has 0 spiro atoms. The first-order chi connectivity index (χ1) is 11.2. The van der Waals surface area contributed by atoms with Gasteiger partial charge in [0, 0.05) is 36.1 Å². The van der Waals surface area contributed by atoms with Crippen LogP contribution in [0.4, 0.5) is 0 Å². The fourth-order valence-electron chi connectivity index (χ4n) is 2.46. The third-order valence-electron chi connectivity index (χ3n) is 3.50. The Balaban J connectivity index is 2.06. The smallest absolute Gasteiger partial charge is 0.161 e. The Hall–Kier alpha value is -2.57. The van der Waals surface area contributed by atoms with Crippen LogP contribution in [0, 0.1) is 0 Å². The molecule has 23 heavy (non-hydrogen) atoms. The summed E-state index contributed by atoms with van der Waals surface area (Å²) in [6.45, 7) is 1.66. The molecule has 0 aliphatic rings. The van der Waals surface area contributed by atoms with Gasteiger partial charge < -0.3 is 26.0 Å². The maximum absolute atomic E-state index is 10.1. The lowest BCUT2D eigenvalue weighted by molar-refractivity contribution is 0.309. The fourth-order valence-corrected chi connectivity index (χ4v) is 2.46. The highest BCUT2D eigenvalue weighted by atomic mass is 16.5. The van der Waals surface area contributed by atoms with Crippen molar-refractivity contribution in [2.24, 2.45) is 11.5 Å². The minimum absolute atomic E-state index is 0.0851. The highest BCUT2D eigenvalue weighted by Gasteiger charge is 2.09. The number of ether oxygens (including phenoxy) is 2. The first-order valence-corrected chi connectivity index (χ1v) is 7.44. The fraction of sp³-hybridized carbons (Fsp3) is 0.235. The predicted molar refractivity (Wildman–Crippen MR) is 90.0 cm³/mol. The zero-order chi connectivity index (χ0) is 16.2. The zero-order valence-electron chi connectivity index (χ0n) is 12.7. The second-order valence-electron chi connectivity index (χ2n) is 5.12. The molecular formula is C17H19N3O3. The SMILES string of the molecule is NCCOc1ccc2c(c1)ncc1cc(OCCN)c(O)cc12. The molecule has 0 fully saturated rings. The Morgan fingerprint density at radius 3 is 2.52 bits per heavy atom. The van der Waals surface area contributed by atoms with Crippen LogP contribution in [0.25, 0.3) is 21.7 Å². The van der Waals surface area contributed by atoms with Crippen LogP contribution in [0.3, 0.4) is 0 Å². The molecule has 1 aromatic heterocycles. The Morgan fingerprint density at radius 1 is 0.957 bits per heavy atom. The summed E-state index contributed by atoms with van der Waals surface area (Å²) in [4.78, 5) is 4.46. The minimum atomic E-state index is 0.0851. The number of nitrogens with two attached hydrogens (primary N) is 2. The monoisotopic (exact) mass is 313 g/mol.